The second-order valence-corrected chi connectivity index (χ2v) is 52.6. The molecule has 10 aromatic heterocycles. The van der Waals surface area contributed by atoms with Crippen molar-refractivity contribution in [1.82, 2.24) is 88.5 Å². The van der Waals surface area contributed by atoms with Crippen molar-refractivity contribution in [1.29, 1.82) is 0 Å². The molecular weight excluding hydrogens is 2010 g/mol. The number of hydrogen-bond acceptors (Lipinski definition) is 39. The summed E-state index contributed by atoms with van der Waals surface area (Å²) in [5.74, 6) is 11.9. The van der Waals surface area contributed by atoms with E-state index in [1.807, 2.05) is 151 Å². The molecule has 7 saturated heterocycles. The number of anilines is 5. The minimum Gasteiger partial charge on any atom is -0.481 e. The molecule has 7 aliphatic heterocycles. The van der Waals surface area contributed by atoms with Crippen LogP contribution in [0.1, 0.15) is 102 Å². The molecule has 3 aliphatic carbocycles. The second-order valence-electron chi connectivity index (χ2n) is 39.8. The summed E-state index contributed by atoms with van der Waals surface area (Å²) in [5, 5.41) is 0.335. The van der Waals surface area contributed by atoms with Gasteiger partial charge in [-0.15, -0.1) is 0 Å². The first-order valence-electron chi connectivity index (χ1n) is 50.7. The lowest BCUT2D eigenvalue weighted by Crippen LogP contribution is -2.44. The van der Waals surface area contributed by atoms with Gasteiger partial charge < -0.3 is 67.1 Å². The van der Waals surface area contributed by atoms with Crippen LogP contribution in [0.3, 0.4) is 0 Å². The Hall–Kier alpha value is -12.2. The van der Waals surface area contributed by atoms with Crippen LogP contribution in [0, 0.1) is 34.6 Å². The summed E-state index contributed by atoms with van der Waals surface area (Å²) in [6.45, 7) is 32.0. The van der Waals surface area contributed by atoms with E-state index in [0.29, 0.717) is 176 Å². The Morgan fingerprint density at radius 2 is 0.533 bits per heavy atom. The average molecular weight is 2150 g/mol. The summed E-state index contributed by atoms with van der Waals surface area (Å²) < 4.78 is 143. The summed E-state index contributed by atoms with van der Waals surface area (Å²) in [5.41, 5.74) is 8.61. The minimum atomic E-state index is -2.48. The van der Waals surface area contributed by atoms with Crippen LogP contribution in [0.5, 0.6) is 11.8 Å². The zero-order valence-corrected chi connectivity index (χ0v) is 91.9. The Kier molecular flexibility index (Phi) is 31.9. The van der Waals surface area contributed by atoms with Crippen LogP contribution < -0.4 is 34.0 Å². The highest BCUT2D eigenvalue weighted by Crippen LogP contribution is 2.40. The number of benzene rings is 3. The minimum absolute atomic E-state index is 0.0788. The van der Waals surface area contributed by atoms with E-state index in [1.54, 1.807) is 69.8 Å². The molecule has 3 saturated carbocycles. The fraction of sp³-hybridized carbons (Fsp3) is 0.505. The van der Waals surface area contributed by atoms with E-state index in [9.17, 15) is 21.0 Å². The largest absolute Gasteiger partial charge is 0.481 e. The van der Waals surface area contributed by atoms with Crippen molar-refractivity contribution in [3.05, 3.63) is 156 Å². The number of aromatic nitrogens is 18. The molecule has 23 rings (SSSR count). The van der Waals surface area contributed by atoms with Gasteiger partial charge >= 0.3 is 0 Å². The van der Waals surface area contributed by atoms with E-state index in [-0.39, 0.29) is 56.5 Å². The molecule has 47 heteroatoms. The lowest BCUT2D eigenvalue weighted by molar-refractivity contribution is 0.0430. The van der Waals surface area contributed by atoms with Crippen LogP contribution in [-0.2, 0) is 81.8 Å². The van der Waals surface area contributed by atoms with Gasteiger partial charge in [0, 0.05) is 145 Å². The number of morpholine rings is 5. The number of para-hydroxylation sites is 6. The maximum Gasteiger partial charge on any atom is 0.239 e. The second kappa shape index (κ2) is 45.0. The zero-order chi connectivity index (χ0) is 105. The molecule has 17 heterocycles. The molecule has 2 unspecified atom stereocenters. The van der Waals surface area contributed by atoms with Crippen LogP contribution in [0.4, 0.5) is 58.2 Å². The van der Waals surface area contributed by atoms with Gasteiger partial charge in [-0.25, -0.2) is 65.9 Å². The number of hydrogen-bond donors (Lipinski definition) is 0. The maximum absolute atomic E-state index is 13.1. The molecule has 13 aromatic rings. The molecular formula is C103H132N28O14S5. The van der Waals surface area contributed by atoms with Crippen molar-refractivity contribution in [2.24, 2.45) is 21.8 Å². The van der Waals surface area contributed by atoms with Crippen LogP contribution in [-0.4, -0.2) is 337 Å². The molecule has 3 aromatic carbocycles. The molecule has 10 aliphatic rings. The van der Waals surface area contributed by atoms with Crippen molar-refractivity contribution in [3.8, 4) is 52.4 Å². The molecule has 150 heavy (non-hydrogen) atoms. The van der Waals surface area contributed by atoms with Gasteiger partial charge in [0.05, 0.1) is 229 Å². The highest BCUT2D eigenvalue weighted by atomic mass is 32.2. The number of ether oxygens (including phenoxy) is 9. The molecule has 10 atom stereocenters. The zero-order valence-electron chi connectivity index (χ0n) is 87.9. The predicted molar refractivity (Wildman–Crippen MR) is 584 cm³/mol. The van der Waals surface area contributed by atoms with E-state index >= 15 is 0 Å². The molecule has 0 bridgehead atoms. The van der Waals surface area contributed by atoms with Crippen molar-refractivity contribution < 1.29 is 63.7 Å². The van der Waals surface area contributed by atoms with E-state index in [1.165, 1.54) is 0 Å². The summed E-state index contributed by atoms with van der Waals surface area (Å²) in [4.78, 5) is 81.2. The van der Waals surface area contributed by atoms with Crippen molar-refractivity contribution >= 4 is 140 Å². The van der Waals surface area contributed by atoms with Gasteiger partial charge in [0.15, 0.2) is 40.7 Å². The number of nitrogens with zero attached hydrogens (tertiary/aromatic N) is 28. The Bertz CT molecular complexity index is 7260. The van der Waals surface area contributed by atoms with Gasteiger partial charge in [-0.1, -0.05) is 36.4 Å². The van der Waals surface area contributed by atoms with Gasteiger partial charge in [0.25, 0.3) is 0 Å². The monoisotopic (exact) mass is 2140 g/mol. The predicted octanol–water partition coefficient (Wildman–Crippen LogP) is 14.1. The fourth-order valence-electron chi connectivity index (χ4n) is 18.6. The van der Waals surface area contributed by atoms with E-state index in [2.05, 4.69) is 116 Å². The number of methoxy groups -OCH3 is 2. The molecule has 0 radical (unpaired) electrons. The van der Waals surface area contributed by atoms with Gasteiger partial charge in [0.2, 0.25) is 29.6 Å². The van der Waals surface area contributed by atoms with E-state index < -0.39 is 48.6 Å². The summed E-state index contributed by atoms with van der Waals surface area (Å²) in [6, 6.07) is 41.2. The number of pyridine rings is 2. The average Bonchev–Trinajstić information content (AvgIpc) is 1.63. The molecule has 0 amide bonds. The third-order valence-corrected chi connectivity index (χ3v) is 38.5. The SMILES string of the molecule is COc1cc(-c2nc(N=S(C)(=O)C3COC3)cc(N3CCOC[C@H]3C)n2)cc(C)n1.COc1cc(-c2nc(N=[S@](C)(=O)C3COC3)cc(N3CCOC[C@H]3C)n2)cc(C)n1.Cc1nc2ccccc2n1-c1nc(N=S(C)(=O)C2CC2)cc(N2CCOC[C@H]2C)n1.Cc1nc2ccccc2n1-c1nc(N=[S@@](C)(=O)C2CC2)cc(N2CCOC[C@H]2C)n1.Cc1nc2ccccc2n1-c1nc(N=[S@](C)(=O)C2CC2)cc(N2CCOC[C@H]2C)n1. The maximum atomic E-state index is 13.1. The highest BCUT2D eigenvalue weighted by Gasteiger charge is 2.38. The lowest BCUT2D eigenvalue weighted by Gasteiger charge is -2.34. The molecule has 42 nitrogen and oxygen atoms in total. The normalized spacial score (nSPS) is 21.6. The Morgan fingerprint density at radius 3 is 0.773 bits per heavy atom. The van der Waals surface area contributed by atoms with Crippen molar-refractivity contribution in [3.63, 3.8) is 0 Å². The third kappa shape index (κ3) is 24.8. The quantitative estimate of drug-likeness (QED) is 0.0608. The highest BCUT2D eigenvalue weighted by molar-refractivity contribution is 7.95. The van der Waals surface area contributed by atoms with Crippen LogP contribution in [0.25, 0.3) is 73.7 Å². The first-order valence-corrected chi connectivity index (χ1v) is 60.7. The van der Waals surface area contributed by atoms with Crippen molar-refractivity contribution in [2.45, 2.75) is 164 Å². The van der Waals surface area contributed by atoms with Crippen molar-refractivity contribution in [2.75, 3.05) is 195 Å². The summed E-state index contributed by atoms with van der Waals surface area (Å²) in [6.07, 6.45) is 14.3. The Morgan fingerprint density at radius 1 is 0.287 bits per heavy atom. The standard InChI is InChI=1S/3C21H26N6O2S.2C20H27N5O4S/c3*1-14-13-29-11-10-26(14)20-12-19(25-30(3,28)16-8-9-16)23-21(24-20)27-15(2)22-17-6-4-5-7-18(17)27;2*1-13-7-15(8-19(21-13)27-3)20-22-17(24-30(4,26)16-11-29-12-16)9-18(23-20)25-5-6-28-10-14(25)2/h3*4-7,12,14,16H,8-11,13H2,1-3H3;2*7-9,14,16H,5-6,10-12H2,1-4H3/t14-,30?;14-,30+;14-,30-;14-,30?;14-,30-/m11111/s1. The van der Waals surface area contributed by atoms with Crippen LogP contribution in [0.2, 0.25) is 0 Å². The lowest BCUT2D eigenvalue weighted by atomic mass is 10.2. The molecule has 0 N–H and O–H groups in total. The molecule has 10 fully saturated rings. The fourth-order valence-corrected chi connectivity index (χ4v) is 26.1. The Labute approximate surface area is 876 Å². The van der Waals surface area contributed by atoms with Crippen LogP contribution in [0.15, 0.2) is 149 Å². The third-order valence-electron chi connectivity index (χ3n) is 27.6. The smallest absolute Gasteiger partial charge is 0.239 e. The van der Waals surface area contributed by atoms with Crippen LogP contribution >= 0.6 is 0 Å². The number of rotatable bonds is 22. The number of aryl methyl sites for hydroxylation is 5. The summed E-state index contributed by atoms with van der Waals surface area (Å²) in [7, 11) is -8.77. The topological polar surface area (TPSA) is 455 Å². The Balaban J connectivity index is 0.000000118. The van der Waals surface area contributed by atoms with E-state index in [0.717, 1.165) is 160 Å². The summed E-state index contributed by atoms with van der Waals surface area (Å²) >= 11 is 0. The first kappa shape index (κ1) is 106. The van der Waals surface area contributed by atoms with Gasteiger partial charge in [-0.3, -0.25) is 13.7 Å². The number of fused-ring (bicyclic) bond motifs is 3. The molecule has 798 valence electrons. The van der Waals surface area contributed by atoms with Gasteiger partial charge in [-0.2, -0.15) is 51.7 Å². The van der Waals surface area contributed by atoms with Gasteiger partial charge in [-0.05, 0) is 156 Å². The van der Waals surface area contributed by atoms with E-state index in [4.69, 9.17) is 82.5 Å². The first-order chi connectivity index (χ1) is 72.0. The number of imidazole rings is 3. The molecule has 0 spiro atoms. The van der Waals surface area contributed by atoms with Gasteiger partial charge in [0.1, 0.15) is 46.6 Å².